The van der Waals surface area contributed by atoms with Crippen LogP contribution in [0.4, 0.5) is 11.4 Å². The Morgan fingerprint density at radius 2 is 1.68 bits per heavy atom. The second kappa shape index (κ2) is 6.10. The van der Waals surface area contributed by atoms with Crippen LogP contribution in [0.25, 0.3) is 0 Å². The van der Waals surface area contributed by atoms with E-state index in [0.717, 1.165) is 24.5 Å². The van der Waals surface area contributed by atoms with E-state index in [1.807, 2.05) is 29.2 Å². The van der Waals surface area contributed by atoms with Gasteiger partial charge in [0.1, 0.15) is 0 Å². The van der Waals surface area contributed by atoms with Crippen LogP contribution in [-0.4, -0.2) is 30.4 Å². The van der Waals surface area contributed by atoms with Gasteiger partial charge >= 0.3 is 0 Å². The van der Waals surface area contributed by atoms with Gasteiger partial charge in [-0.05, 0) is 36.8 Å². The van der Waals surface area contributed by atoms with E-state index >= 15 is 0 Å². The Hall–Kier alpha value is -2.49. The summed E-state index contributed by atoms with van der Waals surface area (Å²) in [6, 6.07) is 16.0. The molecule has 114 valence electrons. The number of nitrogens with zero attached hydrogens (tertiary/aromatic N) is 2. The van der Waals surface area contributed by atoms with Crippen LogP contribution in [-0.2, 0) is 11.3 Å². The van der Waals surface area contributed by atoms with Gasteiger partial charge in [0, 0.05) is 31.0 Å². The molecular weight excluding hydrogens is 274 g/mol. The van der Waals surface area contributed by atoms with Gasteiger partial charge in [-0.25, -0.2) is 0 Å². The van der Waals surface area contributed by atoms with E-state index < -0.39 is 0 Å². The molecule has 2 aromatic carbocycles. The molecule has 0 spiro atoms. The van der Waals surface area contributed by atoms with Gasteiger partial charge in [-0.2, -0.15) is 0 Å². The summed E-state index contributed by atoms with van der Waals surface area (Å²) in [6.45, 7) is 4.78. The van der Waals surface area contributed by atoms with Gasteiger partial charge in [-0.3, -0.25) is 4.79 Å². The Kier molecular flexibility index (Phi) is 4.00. The fraction of sp³-hybridized carbons (Fsp3) is 0.278. The molecule has 1 aliphatic rings. The van der Waals surface area contributed by atoms with Gasteiger partial charge in [-0.1, -0.05) is 29.8 Å². The third kappa shape index (κ3) is 3.22. The quantitative estimate of drug-likeness (QED) is 0.885. The van der Waals surface area contributed by atoms with Crippen LogP contribution in [0, 0.1) is 6.92 Å². The van der Waals surface area contributed by atoms with Crippen LogP contribution in [0.3, 0.4) is 0 Å². The molecule has 0 aromatic heterocycles. The maximum Gasteiger partial charge on any atom is 0.242 e. The molecule has 0 unspecified atom stereocenters. The summed E-state index contributed by atoms with van der Waals surface area (Å²) in [6.07, 6.45) is 0. The molecule has 0 aliphatic carbocycles. The zero-order chi connectivity index (χ0) is 15.5. The number of hydrogen-bond donors (Lipinski definition) is 1. The highest BCUT2D eigenvalue weighted by Gasteiger charge is 2.24. The highest BCUT2D eigenvalue weighted by molar-refractivity contribution is 5.83. The number of piperazine rings is 1. The lowest BCUT2D eigenvalue weighted by Crippen LogP contribution is -2.50. The number of carbonyl (C=O) groups is 1. The van der Waals surface area contributed by atoms with Gasteiger partial charge in [0.25, 0.3) is 0 Å². The van der Waals surface area contributed by atoms with Crippen molar-refractivity contribution in [3.8, 4) is 0 Å². The number of amides is 1. The standard InChI is InChI=1S/C18H21N3O/c1-14-2-4-15(5-3-14)12-21-11-10-20(13-18(21)22)17-8-6-16(19)7-9-17/h2-9H,10-13,19H2,1H3. The second-order valence-corrected chi connectivity index (χ2v) is 5.81. The summed E-state index contributed by atoms with van der Waals surface area (Å²) >= 11 is 0. The average Bonchev–Trinajstić information content (AvgIpc) is 2.52. The van der Waals surface area contributed by atoms with Crippen LogP contribution >= 0.6 is 0 Å². The number of benzene rings is 2. The topological polar surface area (TPSA) is 49.6 Å². The highest BCUT2D eigenvalue weighted by atomic mass is 16.2. The number of anilines is 2. The van der Waals surface area contributed by atoms with Crippen molar-refractivity contribution in [2.45, 2.75) is 13.5 Å². The van der Waals surface area contributed by atoms with Crippen LogP contribution < -0.4 is 10.6 Å². The molecule has 0 bridgehead atoms. The molecule has 2 aromatic rings. The first-order valence-electron chi connectivity index (χ1n) is 7.55. The first-order valence-corrected chi connectivity index (χ1v) is 7.55. The minimum atomic E-state index is 0.170. The molecular formula is C18H21N3O. The summed E-state index contributed by atoms with van der Waals surface area (Å²) in [5, 5.41) is 0. The number of nitrogen functional groups attached to an aromatic ring is 1. The average molecular weight is 295 g/mol. The fourth-order valence-corrected chi connectivity index (χ4v) is 2.70. The number of hydrogen-bond acceptors (Lipinski definition) is 3. The molecule has 1 heterocycles. The van der Waals surface area contributed by atoms with Crippen LogP contribution in [0.5, 0.6) is 0 Å². The molecule has 1 aliphatic heterocycles. The third-order valence-electron chi connectivity index (χ3n) is 4.07. The number of nitrogens with two attached hydrogens (primary N) is 1. The van der Waals surface area contributed by atoms with Crippen LogP contribution in [0.1, 0.15) is 11.1 Å². The smallest absolute Gasteiger partial charge is 0.242 e. The van der Waals surface area contributed by atoms with Gasteiger partial charge in [0.05, 0.1) is 6.54 Å². The van der Waals surface area contributed by atoms with Crippen molar-refractivity contribution in [3.63, 3.8) is 0 Å². The van der Waals surface area contributed by atoms with Crippen molar-refractivity contribution in [1.82, 2.24) is 4.90 Å². The first kappa shape index (κ1) is 14.4. The van der Waals surface area contributed by atoms with Crippen molar-refractivity contribution in [1.29, 1.82) is 0 Å². The molecule has 1 amide bonds. The molecule has 22 heavy (non-hydrogen) atoms. The first-order chi connectivity index (χ1) is 10.6. The summed E-state index contributed by atoms with van der Waals surface area (Å²) in [7, 11) is 0. The normalized spacial score (nSPS) is 15.2. The largest absolute Gasteiger partial charge is 0.399 e. The minimum Gasteiger partial charge on any atom is -0.399 e. The van der Waals surface area contributed by atoms with E-state index in [2.05, 4.69) is 36.1 Å². The predicted molar refractivity (Wildman–Crippen MR) is 89.7 cm³/mol. The maximum absolute atomic E-state index is 12.4. The Morgan fingerprint density at radius 3 is 2.32 bits per heavy atom. The SMILES string of the molecule is Cc1ccc(CN2CCN(c3ccc(N)cc3)CC2=O)cc1. The molecule has 0 saturated carbocycles. The lowest BCUT2D eigenvalue weighted by Gasteiger charge is -2.35. The number of carbonyl (C=O) groups excluding carboxylic acids is 1. The Bertz CT molecular complexity index is 649. The minimum absolute atomic E-state index is 0.170. The summed E-state index contributed by atoms with van der Waals surface area (Å²) < 4.78 is 0. The zero-order valence-corrected chi connectivity index (χ0v) is 12.8. The lowest BCUT2D eigenvalue weighted by atomic mass is 10.1. The summed E-state index contributed by atoms with van der Waals surface area (Å²) in [4.78, 5) is 16.4. The van der Waals surface area contributed by atoms with Gasteiger partial charge in [-0.15, -0.1) is 0 Å². The molecule has 4 heteroatoms. The van der Waals surface area contributed by atoms with Crippen molar-refractivity contribution < 1.29 is 4.79 Å². The van der Waals surface area contributed by atoms with Gasteiger partial charge < -0.3 is 15.5 Å². The lowest BCUT2D eigenvalue weighted by molar-refractivity contribution is -0.131. The Labute approximate surface area is 131 Å². The van der Waals surface area contributed by atoms with E-state index in [1.54, 1.807) is 0 Å². The van der Waals surface area contributed by atoms with E-state index in [0.29, 0.717) is 13.1 Å². The summed E-state index contributed by atoms with van der Waals surface area (Å²) in [5.74, 6) is 0.170. The number of rotatable bonds is 3. The molecule has 0 radical (unpaired) electrons. The molecule has 1 fully saturated rings. The zero-order valence-electron chi connectivity index (χ0n) is 12.8. The van der Waals surface area contributed by atoms with Crippen molar-refractivity contribution in [2.24, 2.45) is 0 Å². The van der Waals surface area contributed by atoms with Crippen molar-refractivity contribution in [3.05, 3.63) is 59.7 Å². The van der Waals surface area contributed by atoms with Crippen molar-refractivity contribution >= 4 is 17.3 Å². The van der Waals surface area contributed by atoms with E-state index in [1.165, 1.54) is 11.1 Å². The maximum atomic E-state index is 12.4. The molecule has 1 saturated heterocycles. The van der Waals surface area contributed by atoms with Crippen LogP contribution in [0.15, 0.2) is 48.5 Å². The van der Waals surface area contributed by atoms with E-state index in [-0.39, 0.29) is 5.91 Å². The van der Waals surface area contributed by atoms with Crippen LogP contribution in [0.2, 0.25) is 0 Å². The monoisotopic (exact) mass is 295 g/mol. The predicted octanol–water partition coefficient (Wildman–Crippen LogP) is 2.43. The van der Waals surface area contributed by atoms with E-state index in [4.69, 9.17) is 5.73 Å². The third-order valence-corrected chi connectivity index (χ3v) is 4.07. The Balaban J connectivity index is 1.63. The molecule has 2 N–H and O–H groups in total. The highest BCUT2D eigenvalue weighted by Crippen LogP contribution is 2.19. The van der Waals surface area contributed by atoms with Gasteiger partial charge in [0.15, 0.2) is 0 Å². The fourth-order valence-electron chi connectivity index (χ4n) is 2.70. The number of aryl methyl sites for hydroxylation is 1. The van der Waals surface area contributed by atoms with E-state index in [9.17, 15) is 4.79 Å². The second-order valence-electron chi connectivity index (χ2n) is 5.81. The molecule has 0 atom stereocenters. The molecule has 4 nitrogen and oxygen atoms in total. The summed E-state index contributed by atoms with van der Waals surface area (Å²) in [5.41, 5.74) is 9.92. The van der Waals surface area contributed by atoms with Gasteiger partial charge in [0.2, 0.25) is 5.91 Å². The molecule has 3 rings (SSSR count). The van der Waals surface area contributed by atoms with Crippen molar-refractivity contribution in [2.75, 3.05) is 30.3 Å². The Morgan fingerprint density at radius 1 is 1.00 bits per heavy atom.